The first-order valence-corrected chi connectivity index (χ1v) is 7.98. The third kappa shape index (κ3) is 3.95. The molecule has 0 radical (unpaired) electrons. The number of rotatable bonds is 3. The number of hydrogen-bond acceptors (Lipinski definition) is 3. The van der Waals surface area contributed by atoms with Crippen LogP contribution in [-0.4, -0.2) is 49.2 Å². The minimum atomic E-state index is 0.209. The second kappa shape index (κ2) is 6.44. The van der Waals surface area contributed by atoms with Crippen molar-refractivity contribution >= 4 is 5.91 Å². The van der Waals surface area contributed by atoms with Gasteiger partial charge in [-0.3, -0.25) is 4.79 Å². The summed E-state index contributed by atoms with van der Waals surface area (Å²) in [5.41, 5.74) is 0.223. The van der Waals surface area contributed by atoms with Gasteiger partial charge in [-0.15, -0.1) is 0 Å². The van der Waals surface area contributed by atoms with Crippen molar-refractivity contribution in [1.82, 2.24) is 10.2 Å². The van der Waals surface area contributed by atoms with Crippen LogP contribution in [0.5, 0.6) is 0 Å². The molecule has 2 fully saturated rings. The molecule has 1 amide bonds. The van der Waals surface area contributed by atoms with Crippen molar-refractivity contribution in [2.45, 2.75) is 59.1 Å². The topological polar surface area (TPSA) is 41.6 Å². The Bertz CT molecular complexity index is 330. The van der Waals surface area contributed by atoms with E-state index in [0.717, 1.165) is 39.1 Å². The van der Waals surface area contributed by atoms with Gasteiger partial charge in [-0.25, -0.2) is 0 Å². The summed E-state index contributed by atoms with van der Waals surface area (Å²) < 4.78 is 5.93. The fourth-order valence-corrected chi connectivity index (χ4v) is 3.52. The highest BCUT2D eigenvalue weighted by Crippen LogP contribution is 2.34. The number of amides is 1. The van der Waals surface area contributed by atoms with Crippen LogP contribution in [-0.2, 0) is 9.53 Å². The maximum absolute atomic E-state index is 11.3. The Morgan fingerprint density at radius 1 is 1.25 bits per heavy atom. The van der Waals surface area contributed by atoms with Crippen molar-refractivity contribution in [3.8, 4) is 0 Å². The molecule has 0 aromatic carbocycles. The van der Waals surface area contributed by atoms with Crippen LogP contribution in [0, 0.1) is 11.3 Å². The van der Waals surface area contributed by atoms with Crippen LogP contribution in [0.1, 0.15) is 47.0 Å². The van der Waals surface area contributed by atoms with E-state index in [2.05, 4.69) is 26.1 Å². The fraction of sp³-hybridized carbons (Fsp3) is 0.938. The predicted molar refractivity (Wildman–Crippen MR) is 80.6 cm³/mol. The van der Waals surface area contributed by atoms with Crippen LogP contribution in [0.2, 0.25) is 0 Å². The van der Waals surface area contributed by atoms with Crippen LogP contribution in [0.25, 0.3) is 0 Å². The number of ether oxygens (including phenoxy) is 1. The van der Waals surface area contributed by atoms with E-state index in [9.17, 15) is 4.79 Å². The smallest absolute Gasteiger partial charge is 0.219 e. The number of hydrogen-bond donors (Lipinski definition) is 1. The van der Waals surface area contributed by atoms with E-state index in [0.29, 0.717) is 18.1 Å². The summed E-state index contributed by atoms with van der Waals surface area (Å²) >= 11 is 0. The minimum Gasteiger partial charge on any atom is -0.377 e. The van der Waals surface area contributed by atoms with Gasteiger partial charge in [-0.05, 0) is 24.7 Å². The Morgan fingerprint density at radius 3 is 2.45 bits per heavy atom. The fourth-order valence-electron chi connectivity index (χ4n) is 3.52. The summed E-state index contributed by atoms with van der Waals surface area (Å²) in [7, 11) is 0. The largest absolute Gasteiger partial charge is 0.377 e. The van der Waals surface area contributed by atoms with Crippen molar-refractivity contribution in [2.75, 3.05) is 26.2 Å². The van der Waals surface area contributed by atoms with Crippen LogP contribution in [0.3, 0.4) is 0 Å². The zero-order valence-corrected chi connectivity index (χ0v) is 13.4. The predicted octanol–water partition coefficient (Wildman–Crippen LogP) is 2.04. The maximum atomic E-state index is 11.3. The summed E-state index contributed by atoms with van der Waals surface area (Å²) in [5.74, 6) is 0.835. The third-order valence-electron chi connectivity index (χ3n) is 4.68. The monoisotopic (exact) mass is 282 g/mol. The standard InChI is InChI=1S/C16H30N2O2/c1-12(19)18-8-5-14(6-9-18)17-11-13-7-10-20-15(13)16(2,3)4/h13-15,17H,5-11H2,1-4H3/t13-,15+/m1/s1. The van der Waals surface area contributed by atoms with E-state index in [4.69, 9.17) is 4.74 Å². The molecule has 4 nitrogen and oxygen atoms in total. The molecule has 2 aliphatic rings. The van der Waals surface area contributed by atoms with E-state index >= 15 is 0 Å². The molecule has 4 heteroatoms. The van der Waals surface area contributed by atoms with Crippen LogP contribution >= 0.6 is 0 Å². The minimum absolute atomic E-state index is 0.209. The number of carbonyl (C=O) groups is 1. The normalized spacial score (nSPS) is 28.9. The van der Waals surface area contributed by atoms with Gasteiger partial charge in [-0.2, -0.15) is 0 Å². The van der Waals surface area contributed by atoms with Crippen LogP contribution < -0.4 is 5.32 Å². The first-order chi connectivity index (χ1) is 9.38. The van der Waals surface area contributed by atoms with Gasteiger partial charge in [-0.1, -0.05) is 20.8 Å². The molecule has 2 heterocycles. The van der Waals surface area contributed by atoms with E-state index in [1.54, 1.807) is 6.92 Å². The third-order valence-corrected chi connectivity index (χ3v) is 4.68. The van der Waals surface area contributed by atoms with Crippen molar-refractivity contribution in [3.05, 3.63) is 0 Å². The van der Waals surface area contributed by atoms with Crippen LogP contribution in [0.15, 0.2) is 0 Å². The molecule has 0 aromatic heterocycles. The van der Waals surface area contributed by atoms with Gasteiger partial charge in [0.1, 0.15) is 0 Å². The molecule has 2 aliphatic heterocycles. The van der Waals surface area contributed by atoms with E-state index in [-0.39, 0.29) is 11.3 Å². The van der Waals surface area contributed by atoms with Crippen molar-refractivity contribution in [3.63, 3.8) is 0 Å². The summed E-state index contributed by atoms with van der Waals surface area (Å²) in [6.45, 7) is 12.2. The Labute approximate surface area is 123 Å². The average Bonchev–Trinajstić information content (AvgIpc) is 2.85. The Hall–Kier alpha value is -0.610. The van der Waals surface area contributed by atoms with Crippen LogP contribution in [0.4, 0.5) is 0 Å². The number of nitrogens with zero attached hydrogens (tertiary/aromatic N) is 1. The molecule has 0 aromatic rings. The van der Waals surface area contributed by atoms with Crippen molar-refractivity contribution < 1.29 is 9.53 Å². The van der Waals surface area contributed by atoms with Gasteiger partial charge >= 0.3 is 0 Å². The molecule has 0 spiro atoms. The number of piperidine rings is 1. The lowest BCUT2D eigenvalue weighted by molar-refractivity contribution is -0.129. The molecule has 0 unspecified atom stereocenters. The first kappa shape index (κ1) is 15.8. The highest BCUT2D eigenvalue weighted by atomic mass is 16.5. The second-order valence-corrected chi connectivity index (χ2v) is 7.39. The highest BCUT2D eigenvalue weighted by Gasteiger charge is 2.37. The molecule has 116 valence electrons. The van der Waals surface area contributed by atoms with Gasteiger partial charge in [0.25, 0.3) is 0 Å². The zero-order valence-electron chi connectivity index (χ0n) is 13.4. The molecule has 2 rings (SSSR count). The summed E-state index contributed by atoms with van der Waals surface area (Å²) in [6, 6.07) is 0.562. The Balaban J connectivity index is 1.75. The second-order valence-electron chi connectivity index (χ2n) is 7.39. The molecule has 0 bridgehead atoms. The van der Waals surface area contributed by atoms with Crippen molar-refractivity contribution in [1.29, 1.82) is 0 Å². The number of nitrogens with one attached hydrogen (secondary N) is 1. The molecule has 1 N–H and O–H groups in total. The molecular formula is C16H30N2O2. The number of likely N-dealkylation sites (tertiary alicyclic amines) is 1. The van der Waals surface area contributed by atoms with E-state index in [1.165, 1.54) is 6.42 Å². The molecule has 20 heavy (non-hydrogen) atoms. The van der Waals surface area contributed by atoms with Gasteiger partial charge in [0.2, 0.25) is 5.91 Å². The summed E-state index contributed by atoms with van der Waals surface area (Å²) in [6.07, 6.45) is 3.69. The number of carbonyl (C=O) groups excluding carboxylic acids is 1. The SMILES string of the molecule is CC(=O)N1CCC(NC[C@H]2CCO[C@@H]2C(C)(C)C)CC1. The molecule has 0 aliphatic carbocycles. The van der Waals surface area contributed by atoms with Gasteiger partial charge in [0.05, 0.1) is 6.10 Å². The zero-order chi connectivity index (χ0) is 14.8. The Kier molecular flexibility index (Phi) is 5.08. The highest BCUT2D eigenvalue weighted by molar-refractivity contribution is 5.73. The molecule has 2 atom stereocenters. The molecule has 0 saturated carbocycles. The lowest BCUT2D eigenvalue weighted by Gasteiger charge is -2.35. The average molecular weight is 282 g/mol. The summed E-state index contributed by atoms with van der Waals surface area (Å²) in [4.78, 5) is 13.3. The summed E-state index contributed by atoms with van der Waals surface area (Å²) in [5, 5.41) is 3.71. The van der Waals surface area contributed by atoms with E-state index < -0.39 is 0 Å². The maximum Gasteiger partial charge on any atom is 0.219 e. The first-order valence-electron chi connectivity index (χ1n) is 7.98. The lowest BCUT2D eigenvalue weighted by atomic mass is 9.81. The Morgan fingerprint density at radius 2 is 1.90 bits per heavy atom. The van der Waals surface area contributed by atoms with Crippen molar-refractivity contribution in [2.24, 2.45) is 11.3 Å². The quantitative estimate of drug-likeness (QED) is 0.861. The van der Waals surface area contributed by atoms with Gasteiger partial charge in [0.15, 0.2) is 0 Å². The van der Waals surface area contributed by atoms with Gasteiger partial charge < -0.3 is 15.0 Å². The van der Waals surface area contributed by atoms with E-state index in [1.807, 2.05) is 4.90 Å². The molecular weight excluding hydrogens is 252 g/mol. The molecule has 2 saturated heterocycles. The van der Waals surface area contributed by atoms with Gasteiger partial charge in [0, 0.05) is 45.1 Å². The lowest BCUT2D eigenvalue weighted by Crippen LogP contribution is -2.46.